The van der Waals surface area contributed by atoms with Crippen molar-refractivity contribution in [1.82, 2.24) is 4.90 Å². The molecule has 6 nitrogen and oxygen atoms in total. The first-order chi connectivity index (χ1) is 13.9. The van der Waals surface area contributed by atoms with E-state index in [0.29, 0.717) is 30.1 Å². The Morgan fingerprint density at radius 2 is 1.52 bits per heavy atom. The Hall–Kier alpha value is -2.87. The fourth-order valence-corrected chi connectivity index (χ4v) is 5.24. The molecule has 0 amide bonds. The molecule has 2 aromatic rings. The molecule has 2 heterocycles. The van der Waals surface area contributed by atoms with Gasteiger partial charge < -0.3 is 14.5 Å². The first-order valence-electron chi connectivity index (χ1n) is 9.35. The minimum atomic E-state index is -3.80. The molecule has 0 aromatic heterocycles. The molecule has 0 bridgehead atoms. The van der Waals surface area contributed by atoms with Crippen LogP contribution in [0.3, 0.4) is 0 Å². The third-order valence-electron chi connectivity index (χ3n) is 5.26. The number of hydrogen-bond acceptors (Lipinski definition) is 5. The number of methoxy groups -OCH3 is 1. The summed E-state index contributed by atoms with van der Waals surface area (Å²) in [5.41, 5.74) is 2.17. The normalized spacial score (nSPS) is 18.8. The molecule has 0 spiro atoms. The van der Waals surface area contributed by atoms with Gasteiger partial charge in [0.2, 0.25) is 0 Å². The lowest BCUT2D eigenvalue weighted by Crippen LogP contribution is -2.48. The van der Waals surface area contributed by atoms with E-state index in [1.807, 2.05) is 29.2 Å². The minimum absolute atomic E-state index is 0.157. The number of nitrogens with zero attached hydrogens (tertiary/aromatic N) is 3. The Kier molecular flexibility index (Phi) is 5.04. The van der Waals surface area contributed by atoms with Gasteiger partial charge in [-0.25, -0.2) is 4.39 Å². The van der Waals surface area contributed by atoms with Crippen LogP contribution >= 0.6 is 0 Å². The molecule has 8 heteroatoms. The number of rotatable bonds is 3. The molecule has 2 aliphatic heterocycles. The maximum absolute atomic E-state index is 13.2. The van der Waals surface area contributed by atoms with Crippen LogP contribution in [0.2, 0.25) is 0 Å². The van der Waals surface area contributed by atoms with Crippen molar-refractivity contribution in [2.75, 3.05) is 38.2 Å². The first kappa shape index (κ1) is 19.4. The lowest BCUT2D eigenvalue weighted by atomic mass is 10.1. The van der Waals surface area contributed by atoms with Gasteiger partial charge in [-0.1, -0.05) is 12.1 Å². The van der Waals surface area contributed by atoms with Gasteiger partial charge in [0, 0.05) is 37.4 Å². The number of sulfonamides is 1. The highest BCUT2D eigenvalue weighted by molar-refractivity contribution is 8.00. The van der Waals surface area contributed by atoms with Crippen LogP contribution in [0.25, 0.3) is 4.91 Å². The zero-order valence-corrected chi connectivity index (χ0v) is 17.1. The Balaban J connectivity index is 1.52. The molecule has 0 unspecified atom stereocenters. The average Bonchev–Trinajstić information content (AvgIpc) is 2.98. The summed E-state index contributed by atoms with van der Waals surface area (Å²) in [6.45, 7) is 4.59. The monoisotopic (exact) mass is 415 g/mol. The van der Waals surface area contributed by atoms with Gasteiger partial charge in [0.25, 0.3) is 10.0 Å². The third-order valence-corrected chi connectivity index (χ3v) is 6.73. The molecule has 1 fully saturated rings. The van der Waals surface area contributed by atoms with Crippen molar-refractivity contribution in [3.63, 3.8) is 0 Å². The molecular weight excluding hydrogens is 393 g/mol. The molecule has 0 N–H and O–H groups in total. The Labute approximate surface area is 170 Å². The predicted octanol–water partition coefficient (Wildman–Crippen LogP) is 3.13. The SMILES string of the molecule is COc1ccc(N2CCN(C3=NS(=O)(=O)C(c4ccc(F)cc4)=C3C)CC2)cc1. The van der Waals surface area contributed by atoms with E-state index in [2.05, 4.69) is 9.30 Å². The second-order valence-electron chi connectivity index (χ2n) is 7.02. The van der Waals surface area contributed by atoms with Crippen molar-refractivity contribution in [3.05, 3.63) is 65.5 Å². The molecule has 0 aliphatic carbocycles. The summed E-state index contributed by atoms with van der Waals surface area (Å²) in [6, 6.07) is 13.4. The Morgan fingerprint density at radius 3 is 2.10 bits per heavy atom. The molecule has 2 aliphatic rings. The van der Waals surface area contributed by atoms with E-state index in [1.54, 1.807) is 14.0 Å². The maximum atomic E-state index is 13.2. The van der Waals surface area contributed by atoms with Gasteiger partial charge in [0.05, 0.1) is 7.11 Å². The largest absolute Gasteiger partial charge is 0.497 e. The van der Waals surface area contributed by atoms with Crippen LogP contribution in [0.5, 0.6) is 5.75 Å². The maximum Gasteiger partial charge on any atom is 0.285 e. The third kappa shape index (κ3) is 3.72. The van der Waals surface area contributed by atoms with Crippen molar-refractivity contribution in [2.45, 2.75) is 6.92 Å². The van der Waals surface area contributed by atoms with Crippen molar-refractivity contribution in [3.8, 4) is 5.75 Å². The van der Waals surface area contributed by atoms with E-state index in [4.69, 9.17) is 4.74 Å². The number of anilines is 1. The van der Waals surface area contributed by atoms with E-state index in [-0.39, 0.29) is 4.91 Å². The zero-order chi connectivity index (χ0) is 20.6. The quantitative estimate of drug-likeness (QED) is 0.771. The van der Waals surface area contributed by atoms with E-state index >= 15 is 0 Å². The van der Waals surface area contributed by atoms with E-state index in [9.17, 15) is 12.8 Å². The molecule has 0 radical (unpaired) electrons. The molecule has 4 rings (SSSR count). The molecule has 152 valence electrons. The van der Waals surface area contributed by atoms with Crippen LogP contribution in [0.4, 0.5) is 10.1 Å². The van der Waals surface area contributed by atoms with Crippen molar-refractivity contribution < 1.29 is 17.5 Å². The van der Waals surface area contributed by atoms with Crippen LogP contribution in [-0.2, 0) is 10.0 Å². The highest BCUT2D eigenvalue weighted by atomic mass is 32.2. The first-order valence-corrected chi connectivity index (χ1v) is 10.8. The second kappa shape index (κ2) is 7.51. The number of hydrogen-bond donors (Lipinski definition) is 0. The van der Waals surface area contributed by atoms with Crippen molar-refractivity contribution in [1.29, 1.82) is 0 Å². The van der Waals surface area contributed by atoms with Crippen molar-refractivity contribution in [2.24, 2.45) is 4.40 Å². The summed E-state index contributed by atoms with van der Waals surface area (Å²) in [4.78, 5) is 4.41. The van der Waals surface area contributed by atoms with Gasteiger partial charge >= 0.3 is 0 Å². The van der Waals surface area contributed by atoms with E-state index < -0.39 is 15.8 Å². The smallest absolute Gasteiger partial charge is 0.285 e. The van der Waals surface area contributed by atoms with Gasteiger partial charge in [-0.2, -0.15) is 8.42 Å². The second-order valence-corrected chi connectivity index (χ2v) is 8.56. The van der Waals surface area contributed by atoms with E-state index in [0.717, 1.165) is 24.5 Å². The van der Waals surface area contributed by atoms with Crippen LogP contribution < -0.4 is 9.64 Å². The number of ether oxygens (including phenoxy) is 1. The van der Waals surface area contributed by atoms with Crippen LogP contribution in [0.15, 0.2) is 58.5 Å². The zero-order valence-electron chi connectivity index (χ0n) is 16.3. The molecule has 2 aromatic carbocycles. The number of benzene rings is 2. The summed E-state index contributed by atoms with van der Waals surface area (Å²) in [5.74, 6) is 0.892. The number of halogens is 1. The fraction of sp³-hybridized carbons (Fsp3) is 0.286. The van der Waals surface area contributed by atoms with Crippen LogP contribution in [0.1, 0.15) is 12.5 Å². The molecule has 1 saturated heterocycles. The summed E-state index contributed by atoms with van der Waals surface area (Å²) in [5, 5.41) is 0. The Bertz CT molecular complexity index is 1070. The van der Waals surface area contributed by atoms with Gasteiger partial charge in [0.1, 0.15) is 22.3 Å². The predicted molar refractivity (Wildman–Crippen MR) is 112 cm³/mol. The minimum Gasteiger partial charge on any atom is -0.497 e. The number of amidine groups is 1. The van der Waals surface area contributed by atoms with E-state index in [1.165, 1.54) is 24.3 Å². The Morgan fingerprint density at radius 1 is 0.931 bits per heavy atom. The lowest BCUT2D eigenvalue weighted by Gasteiger charge is -2.37. The highest BCUT2D eigenvalue weighted by Gasteiger charge is 2.34. The van der Waals surface area contributed by atoms with Crippen molar-refractivity contribution >= 4 is 26.5 Å². The lowest BCUT2D eigenvalue weighted by molar-refractivity contribution is 0.386. The topological polar surface area (TPSA) is 62.2 Å². The average molecular weight is 415 g/mol. The summed E-state index contributed by atoms with van der Waals surface area (Å²) >= 11 is 0. The van der Waals surface area contributed by atoms with Gasteiger partial charge in [-0.15, -0.1) is 4.40 Å². The fourth-order valence-electron chi connectivity index (χ4n) is 3.75. The summed E-state index contributed by atoms with van der Waals surface area (Å²) < 4.78 is 47.8. The molecule has 0 saturated carbocycles. The standard InChI is InChI=1S/C21H22FN3O3S/c1-15-20(16-3-5-17(22)6-4-16)29(26,27)23-21(15)25-13-11-24(12-14-25)18-7-9-19(28-2)10-8-18/h3-10H,11-14H2,1-2H3. The van der Waals surface area contributed by atoms with Gasteiger partial charge in [0.15, 0.2) is 0 Å². The van der Waals surface area contributed by atoms with Gasteiger partial charge in [-0.3, -0.25) is 0 Å². The number of piperazine rings is 1. The summed E-state index contributed by atoms with van der Waals surface area (Å²) in [6.07, 6.45) is 0. The van der Waals surface area contributed by atoms with Crippen LogP contribution in [-0.4, -0.2) is 52.4 Å². The molecular formula is C21H22FN3O3S. The van der Waals surface area contributed by atoms with Gasteiger partial charge in [-0.05, 0) is 48.9 Å². The van der Waals surface area contributed by atoms with Crippen LogP contribution in [0, 0.1) is 5.82 Å². The highest BCUT2D eigenvalue weighted by Crippen LogP contribution is 2.34. The molecule has 0 atom stereocenters. The summed E-state index contributed by atoms with van der Waals surface area (Å²) in [7, 11) is -2.16. The molecule has 29 heavy (non-hydrogen) atoms.